The number of halogens is 1. The highest BCUT2D eigenvalue weighted by Gasteiger charge is 2.38. The molecule has 1 aliphatic heterocycles. The van der Waals surface area contributed by atoms with Crippen LogP contribution >= 0.6 is 0 Å². The molecule has 1 fully saturated rings. The van der Waals surface area contributed by atoms with E-state index in [2.05, 4.69) is 0 Å². The molecule has 20 heavy (non-hydrogen) atoms. The molecule has 1 heterocycles. The van der Waals surface area contributed by atoms with Gasteiger partial charge in [0.15, 0.2) is 11.5 Å². The van der Waals surface area contributed by atoms with Gasteiger partial charge in [0.2, 0.25) is 18.4 Å². The zero-order valence-corrected chi connectivity index (χ0v) is 11.0. The van der Waals surface area contributed by atoms with Gasteiger partial charge in [0.05, 0.1) is 13.5 Å². The quantitative estimate of drug-likeness (QED) is 0.899. The van der Waals surface area contributed by atoms with Crippen LogP contribution in [0.3, 0.4) is 0 Å². The Morgan fingerprint density at radius 2 is 2.30 bits per heavy atom. The minimum absolute atomic E-state index is 0.0358. The first kappa shape index (κ1) is 13.0. The Kier molecular flexibility index (Phi) is 3.16. The molecule has 6 heteroatoms. The number of carboxylic acids is 1. The number of ether oxygens (including phenoxy) is 3. The predicted molar refractivity (Wildman–Crippen MR) is 66.8 cm³/mol. The SMILES string of the molecule is COc1c(C(CC(=O)O)C2CC2)cc2c(c1F)OCO2. The maximum atomic E-state index is 14.3. The van der Waals surface area contributed by atoms with Crippen molar-refractivity contribution in [1.82, 2.24) is 0 Å². The van der Waals surface area contributed by atoms with Gasteiger partial charge in [-0.15, -0.1) is 0 Å². The lowest BCUT2D eigenvalue weighted by molar-refractivity contribution is -0.137. The largest absolute Gasteiger partial charge is 0.493 e. The lowest BCUT2D eigenvalue weighted by Gasteiger charge is -2.19. The molecular formula is C14H15FO5. The van der Waals surface area contributed by atoms with Crippen molar-refractivity contribution < 1.29 is 28.5 Å². The second kappa shape index (κ2) is 4.85. The van der Waals surface area contributed by atoms with Crippen molar-refractivity contribution in [2.24, 2.45) is 5.92 Å². The van der Waals surface area contributed by atoms with Crippen molar-refractivity contribution >= 4 is 5.97 Å². The Balaban J connectivity index is 2.06. The lowest BCUT2D eigenvalue weighted by atomic mass is 9.89. The molecule has 1 atom stereocenters. The van der Waals surface area contributed by atoms with Gasteiger partial charge in [-0.05, 0) is 24.8 Å². The third-order valence-corrected chi connectivity index (χ3v) is 3.78. The van der Waals surface area contributed by atoms with E-state index in [1.54, 1.807) is 6.07 Å². The van der Waals surface area contributed by atoms with Crippen molar-refractivity contribution in [3.05, 3.63) is 17.4 Å². The Labute approximate surface area is 115 Å². The summed E-state index contributed by atoms with van der Waals surface area (Å²) in [5.74, 6) is -1.10. The second-order valence-corrected chi connectivity index (χ2v) is 5.09. The highest BCUT2D eigenvalue weighted by atomic mass is 19.1. The summed E-state index contributed by atoms with van der Waals surface area (Å²) in [6, 6.07) is 1.65. The molecule has 1 aliphatic carbocycles. The standard InChI is InChI=1S/C14H15FO5/c1-18-13-9(8(5-11(16)17)7-2-3-7)4-10-14(12(13)15)20-6-19-10/h4,7-8H,2-3,5-6H2,1H3,(H,16,17). The summed E-state index contributed by atoms with van der Waals surface area (Å²) < 4.78 is 29.8. The van der Waals surface area contributed by atoms with Crippen LogP contribution in [0, 0.1) is 11.7 Å². The smallest absolute Gasteiger partial charge is 0.303 e. The Morgan fingerprint density at radius 1 is 1.55 bits per heavy atom. The van der Waals surface area contributed by atoms with Gasteiger partial charge in [-0.3, -0.25) is 4.79 Å². The monoisotopic (exact) mass is 282 g/mol. The lowest BCUT2D eigenvalue weighted by Crippen LogP contribution is -2.10. The number of fused-ring (bicyclic) bond motifs is 1. The van der Waals surface area contributed by atoms with Crippen LogP contribution in [0.5, 0.6) is 17.2 Å². The fourth-order valence-corrected chi connectivity index (χ4v) is 2.70. The van der Waals surface area contributed by atoms with Crippen molar-refractivity contribution in [1.29, 1.82) is 0 Å². The first-order valence-electron chi connectivity index (χ1n) is 6.49. The maximum Gasteiger partial charge on any atom is 0.303 e. The molecule has 0 radical (unpaired) electrons. The zero-order chi connectivity index (χ0) is 14.3. The molecule has 5 nitrogen and oxygen atoms in total. The van der Waals surface area contributed by atoms with Gasteiger partial charge in [0.25, 0.3) is 0 Å². The Bertz CT molecular complexity index is 553. The van der Waals surface area contributed by atoms with Gasteiger partial charge in [0.1, 0.15) is 0 Å². The number of aliphatic carboxylic acids is 1. The number of carbonyl (C=O) groups is 1. The van der Waals surface area contributed by atoms with E-state index in [-0.39, 0.29) is 36.5 Å². The summed E-state index contributed by atoms with van der Waals surface area (Å²) in [5.41, 5.74) is 0.555. The first-order chi connectivity index (χ1) is 9.61. The third-order valence-electron chi connectivity index (χ3n) is 3.78. The number of methoxy groups -OCH3 is 1. The van der Waals surface area contributed by atoms with Crippen molar-refractivity contribution in [2.75, 3.05) is 13.9 Å². The van der Waals surface area contributed by atoms with Crippen LogP contribution in [-0.4, -0.2) is 25.0 Å². The molecule has 108 valence electrons. The van der Waals surface area contributed by atoms with Crippen LogP contribution < -0.4 is 14.2 Å². The van der Waals surface area contributed by atoms with Gasteiger partial charge in [-0.2, -0.15) is 4.39 Å². The van der Waals surface area contributed by atoms with Gasteiger partial charge in [-0.25, -0.2) is 0 Å². The maximum absolute atomic E-state index is 14.3. The number of hydrogen-bond acceptors (Lipinski definition) is 4. The van der Waals surface area contributed by atoms with Crippen LogP contribution in [0.1, 0.15) is 30.7 Å². The minimum atomic E-state index is -0.901. The fourth-order valence-electron chi connectivity index (χ4n) is 2.70. The number of benzene rings is 1. The number of hydrogen-bond donors (Lipinski definition) is 1. The first-order valence-corrected chi connectivity index (χ1v) is 6.49. The molecule has 1 saturated carbocycles. The highest BCUT2D eigenvalue weighted by Crippen LogP contribution is 2.51. The highest BCUT2D eigenvalue weighted by molar-refractivity contribution is 5.69. The van der Waals surface area contributed by atoms with Gasteiger partial charge in [0, 0.05) is 11.5 Å². The van der Waals surface area contributed by atoms with Crippen LogP contribution in [-0.2, 0) is 4.79 Å². The fraction of sp³-hybridized carbons (Fsp3) is 0.500. The van der Waals surface area contributed by atoms with E-state index in [4.69, 9.17) is 19.3 Å². The summed E-state index contributed by atoms with van der Waals surface area (Å²) >= 11 is 0. The molecule has 0 saturated heterocycles. The van der Waals surface area contributed by atoms with E-state index >= 15 is 0 Å². The second-order valence-electron chi connectivity index (χ2n) is 5.09. The van der Waals surface area contributed by atoms with Gasteiger partial charge in [-0.1, -0.05) is 0 Å². The van der Waals surface area contributed by atoms with Crippen molar-refractivity contribution in [3.8, 4) is 17.2 Å². The van der Waals surface area contributed by atoms with Crippen LogP contribution in [0.15, 0.2) is 6.07 Å². The average molecular weight is 282 g/mol. The molecule has 1 aromatic carbocycles. The Hall–Kier alpha value is -1.98. The molecule has 1 unspecified atom stereocenters. The number of carboxylic acid groups (broad SMARTS) is 1. The van der Waals surface area contributed by atoms with Gasteiger partial charge >= 0.3 is 5.97 Å². The van der Waals surface area contributed by atoms with Crippen molar-refractivity contribution in [3.63, 3.8) is 0 Å². The van der Waals surface area contributed by atoms with E-state index < -0.39 is 11.8 Å². The van der Waals surface area contributed by atoms with Crippen LogP contribution in [0.2, 0.25) is 0 Å². The molecule has 0 bridgehead atoms. The summed E-state index contributed by atoms with van der Waals surface area (Å²) in [4.78, 5) is 11.0. The van der Waals surface area contributed by atoms with Crippen LogP contribution in [0.25, 0.3) is 0 Å². The molecule has 3 rings (SSSR count). The van der Waals surface area contributed by atoms with Crippen molar-refractivity contribution in [2.45, 2.75) is 25.2 Å². The number of rotatable bonds is 5. The summed E-state index contributed by atoms with van der Waals surface area (Å²) in [6.07, 6.45) is 1.87. The minimum Gasteiger partial charge on any atom is -0.493 e. The summed E-state index contributed by atoms with van der Waals surface area (Å²) in [6.45, 7) is -0.0358. The van der Waals surface area contributed by atoms with Crippen LogP contribution in [0.4, 0.5) is 4.39 Å². The van der Waals surface area contributed by atoms with E-state index in [1.165, 1.54) is 7.11 Å². The summed E-state index contributed by atoms with van der Waals surface area (Å²) in [7, 11) is 1.37. The van der Waals surface area contributed by atoms with E-state index in [9.17, 15) is 9.18 Å². The molecule has 1 N–H and O–H groups in total. The molecular weight excluding hydrogens is 267 g/mol. The predicted octanol–water partition coefficient (Wildman–Crippen LogP) is 2.53. The van der Waals surface area contributed by atoms with E-state index in [0.717, 1.165) is 12.8 Å². The third kappa shape index (κ3) is 2.15. The Morgan fingerprint density at radius 3 is 2.90 bits per heavy atom. The topological polar surface area (TPSA) is 65.0 Å². The van der Waals surface area contributed by atoms with E-state index in [1.807, 2.05) is 0 Å². The molecule has 0 spiro atoms. The molecule has 0 amide bonds. The average Bonchev–Trinajstić information content (AvgIpc) is 3.13. The van der Waals surface area contributed by atoms with Gasteiger partial charge < -0.3 is 19.3 Å². The molecule has 0 aromatic heterocycles. The van der Waals surface area contributed by atoms with E-state index in [0.29, 0.717) is 11.3 Å². The molecule has 1 aromatic rings. The summed E-state index contributed by atoms with van der Waals surface area (Å²) in [5, 5.41) is 9.06. The molecule has 2 aliphatic rings. The normalized spacial score (nSPS) is 17.9. The zero-order valence-electron chi connectivity index (χ0n) is 11.0.